The third kappa shape index (κ3) is 41.7. The Hall–Kier alpha value is -3.33. The van der Waals surface area contributed by atoms with E-state index in [0.29, 0.717) is 32.1 Å². The highest BCUT2D eigenvalue weighted by Gasteiger charge is 2.22. The van der Waals surface area contributed by atoms with Crippen molar-refractivity contribution in [3.63, 3.8) is 0 Å². The monoisotopic (exact) mass is 786 g/mol. The third-order valence-electron chi connectivity index (χ3n) is 7.86. The van der Waals surface area contributed by atoms with Crippen LogP contribution in [0.2, 0.25) is 0 Å². The standard InChI is InChI=1S/C45H71O9P/c1-3-5-7-9-11-12-13-14-15-16-17-18-19-20-21-22-26-30-34-38-44(47)52-40-43(41-53-55(49,50)51)54-45(48)39-35-31-27-24-23-25-29-33-37-42(46)36-32-28-10-8-6-4-2/h11-12,14-15,17-18,20-21,24-30,32-33,37,42-43,46H,3-10,13,16,19,22-23,31,34-36,38-41H2,1-2H3,(H2,49,50,51)/b12-11-,15-14-,18-17-,21-20-,27-24-,29-25-,30-26-,32-28-,37-33+/t42-,43+/m0/s1. The second kappa shape index (κ2) is 38.9. The van der Waals surface area contributed by atoms with Gasteiger partial charge in [-0.3, -0.25) is 14.1 Å². The van der Waals surface area contributed by atoms with Crippen LogP contribution in [0.1, 0.15) is 136 Å². The number of esters is 2. The Labute approximate surface area is 332 Å². The van der Waals surface area contributed by atoms with Crippen molar-refractivity contribution in [3.05, 3.63) is 109 Å². The summed E-state index contributed by atoms with van der Waals surface area (Å²) in [7, 11) is -4.81. The zero-order valence-electron chi connectivity index (χ0n) is 33.6. The van der Waals surface area contributed by atoms with Crippen molar-refractivity contribution >= 4 is 19.8 Å². The van der Waals surface area contributed by atoms with Crippen molar-refractivity contribution in [2.45, 2.75) is 148 Å². The summed E-state index contributed by atoms with van der Waals surface area (Å²) in [6.45, 7) is 3.42. The van der Waals surface area contributed by atoms with E-state index < -0.39 is 38.6 Å². The number of carbonyl (C=O) groups is 2. The maximum Gasteiger partial charge on any atom is 0.469 e. The van der Waals surface area contributed by atoms with Gasteiger partial charge in [-0.25, -0.2) is 4.57 Å². The normalized spacial score (nSPS) is 14.2. The number of hydrogen-bond donors (Lipinski definition) is 3. The zero-order chi connectivity index (χ0) is 40.5. The molecule has 3 N–H and O–H groups in total. The van der Waals surface area contributed by atoms with Gasteiger partial charge >= 0.3 is 19.8 Å². The molecule has 0 spiro atoms. The van der Waals surface area contributed by atoms with Gasteiger partial charge in [-0.15, -0.1) is 0 Å². The van der Waals surface area contributed by atoms with Crippen LogP contribution in [-0.4, -0.2) is 52.3 Å². The molecule has 0 aliphatic carbocycles. The Bertz CT molecular complexity index is 1270. The average molecular weight is 787 g/mol. The molecule has 0 rings (SSSR count). The van der Waals surface area contributed by atoms with E-state index in [-0.39, 0.29) is 19.4 Å². The van der Waals surface area contributed by atoms with E-state index in [1.54, 1.807) is 6.08 Å². The first-order valence-electron chi connectivity index (χ1n) is 20.3. The molecule has 0 aliphatic rings. The van der Waals surface area contributed by atoms with E-state index in [9.17, 15) is 19.3 Å². The third-order valence-corrected chi connectivity index (χ3v) is 8.34. The molecule has 0 saturated carbocycles. The molecule has 0 bridgehead atoms. The molecule has 0 amide bonds. The van der Waals surface area contributed by atoms with Crippen molar-refractivity contribution in [2.24, 2.45) is 0 Å². The van der Waals surface area contributed by atoms with Crippen LogP contribution in [0, 0.1) is 0 Å². The summed E-state index contributed by atoms with van der Waals surface area (Å²) in [4.78, 5) is 42.7. The minimum atomic E-state index is -4.81. The van der Waals surface area contributed by atoms with E-state index in [1.807, 2.05) is 48.6 Å². The first-order chi connectivity index (χ1) is 26.7. The van der Waals surface area contributed by atoms with E-state index in [0.717, 1.165) is 32.1 Å². The van der Waals surface area contributed by atoms with Gasteiger partial charge in [-0.1, -0.05) is 149 Å². The molecule has 0 heterocycles. The minimum absolute atomic E-state index is 0.0818. The Morgan fingerprint density at radius 1 is 0.564 bits per heavy atom. The van der Waals surface area contributed by atoms with Crippen LogP contribution in [0.5, 0.6) is 0 Å². The molecule has 0 radical (unpaired) electrons. The molecule has 9 nitrogen and oxygen atoms in total. The highest BCUT2D eigenvalue weighted by Crippen LogP contribution is 2.35. The van der Waals surface area contributed by atoms with Crippen LogP contribution in [0.3, 0.4) is 0 Å². The van der Waals surface area contributed by atoms with Crippen LogP contribution in [0.15, 0.2) is 109 Å². The topological polar surface area (TPSA) is 140 Å². The van der Waals surface area contributed by atoms with Crippen molar-refractivity contribution in [1.29, 1.82) is 0 Å². The molecule has 0 fully saturated rings. The molecule has 310 valence electrons. The number of carbonyl (C=O) groups excluding carboxylic acids is 2. The summed E-state index contributed by atoms with van der Waals surface area (Å²) in [5, 5.41) is 9.99. The molecule has 0 saturated heterocycles. The summed E-state index contributed by atoms with van der Waals surface area (Å²) in [5.41, 5.74) is 0. The van der Waals surface area contributed by atoms with Crippen LogP contribution >= 0.6 is 7.82 Å². The van der Waals surface area contributed by atoms with E-state index in [4.69, 9.17) is 19.3 Å². The smallest absolute Gasteiger partial charge is 0.462 e. The van der Waals surface area contributed by atoms with Crippen LogP contribution in [-0.2, 0) is 28.2 Å². The number of ether oxygens (including phenoxy) is 2. The number of rotatable bonds is 35. The van der Waals surface area contributed by atoms with Gasteiger partial charge in [-0.2, -0.15) is 0 Å². The Balaban J connectivity index is 4.25. The second-order valence-corrected chi connectivity index (χ2v) is 14.3. The molecule has 0 aromatic carbocycles. The van der Waals surface area contributed by atoms with Gasteiger partial charge in [0.1, 0.15) is 6.61 Å². The summed E-state index contributed by atoms with van der Waals surface area (Å²) in [6.07, 6.45) is 51.4. The predicted octanol–water partition coefficient (Wildman–Crippen LogP) is 11.4. The van der Waals surface area contributed by atoms with E-state index >= 15 is 0 Å². The SMILES string of the molecule is CCCCC/C=C\C/C=C\C/C=C\C/C=C\C/C=C\CCC(=O)OC[C@H](COP(=O)(O)O)OC(=O)CCC/C=C\C/C=C\C=C\[C@@H](O)C/C=C\CCCCC. The first-order valence-corrected chi connectivity index (χ1v) is 21.8. The molecular formula is C45H71O9P. The highest BCUT2D eigenvalue weighted by molar-refractivity contribution is 7.46. The summed E-state index contributed by atoms with van der Waals surface area (Å²) < 4.78 is 26.2. The molecule has 55 heavy (non-hydrogen) atoms. The maximum absolute atomic E-state index is 12.4. The molecule has 0 aromatic rings. The van der Waals surface area contributed by atoms with Gasteiger partial charge in [-0.05, 0) is 83.5 Å². The lowest BCUT2D eigenvalue weighted by molar-refractivity contribution is -0.161. The number of aliphatic hydroxyl groups excluding tert-OH is 1. The highest BCUT2D eigenvalue weighted by atomic mass is 31.2. The van der Waals surface area contributed by atoms with E-state index in [1.165, 1.54) is 44.9 Å². The fraction of sp³-hybridized carbons (Fsp3) is 0.556. The fourth-order valence-electron chi connectivity index (χ4n) is 4.78. The summed E-state index contributed by atoms with van der Waals surface area (Å²) >= 11 is 0. The predicted molar refractivity (Wildman–Crippen MR) is 226 cm³/mol. The van der Waals surface area contributed by atoms with Crippen LogP contribution < -0.4 is 0 Å². The summed E-state index contributed by atoms with van der Waals surface area (Å²) in [6, 6.07) is 0. The van der Waals surface area contributed by atoms with Gasteiger partial charge in [0.15, 0.2) is 6.10 Å². The van der Waals surface area contributed by atoms with E-state index in [2.05, 4.69) is 73.1 Å². The molecule has 2 atom stereocenters. The van der Waals surface area contributed by atoms with Crippen LogP contribution in [0.25, 0.3) is 0 Å². The van der Waals surface area contributed by atoms with Crippen molar-refractivity contribution in [2.75, 3.05) is 13.2 Å². The Kier molecular flexibility index (Phi) is 36.6. The van der Waals surface area contributed by atoms with Gasteiger partial charge in [0.2, 0.25) is 0 Å². The number of phosphoric ester groups is 1. The lowest BCUT2D eigenvalue weighted by atomic mass is 10.1. The maximum atomic E-state index is 12.4. The average Bonchev–Trinajstić information content (AvgIpc) is 3.15. The fourth-order valence-corrected chi connectivity index (χ4v) is 5.14. The van der Waals surface area contributed by atoms with Crippen molar-refractivity contribution < 1.29 is 43.0 Å². The summed E-state index contributed by atoms with van der Waals surface area (Å²) in [5.74, 6) is -1.10. The quantitative estimate of drug-likeness (QED) is 0.0188. The number of phosphoric acid groups is 1. The number of allylic oxidation sites excluding steroid dienone is 16. The van der Waals surface area contributed by atoms with Crippen molar-refractivity contribution in [3.8, 4) is 0 Å². The Morgan fingerprint density at radius 2 is 1.05 bits per heavy atom. The molecule has 10 heteroatoms. The van der Waals surface area contributed by atoms with Gasteiger partial charge < -0.3 is 24.4 Å². The number of hydrogen-bond acceptors (Lipinski definition) is 7. The first kappa shape index (κ1) is 51.7. The Morgan fingerprint density at radius 3 is 1.60 bits per heavy atom. The van der Waals surface area contributed by atoms with Gasteiger partial charge in [0, 0.05) is 12.8 Å². The van der Waals surface area contributed by atoms with Crippen molar-refractivity contribution in [1.82, 2.24) is 0 Å². The zero-order valence-corrected chi connectivity index (χ0v) is 34.5. The van der Waals surface area contributed by atoms with Gasteiger partial charge in [0.25, 0.3) is 0 Å². The number of unbranched alkanes of at least 4 members (excludes halogenated alkanes) is 7. The largest absolute Gasteiger partial charge is 0.469 e. The minimum Gasteiger partial charge on any atom is -0.462 e. The lowest BCUT2D eigenvalue weighted by Crippen LogP contribution is -2.29. The van der Waals surface area contributed by atoms with Crippen LogP contribution in [0.4, 0.5) is 0 Å². The number of aliphatic hydroxyl groups is 1. The van der Waals surface area contributed by atoms with Gasteiger partial charge in [0.05, 0.1) is 12.7 Å². The second-order valence-electron chi connectivity index (χ2n) is 13.1. The molecular weight excluding hydrogens is 715 g/mol. The lowest BCUT2D eigenvalue weighted by Gasteiger charge is -2.18. The molecule has 0 unspecified atom stereocenters. The molecule has 0 aliphatic heterocycles. The molecule has 0 aromatic heterocycles.